The number of carbonyl (C=O) groups is 1. The van der Waals surface area contributed by atoms with Crippen LogP contribution in [0.25, 0.3) is 0 Å². The summed E-state index contributed by atoms with van der Waals surface area (Å²) >= 11 is 0. The van der Waals surface area contributed by atoms with Crippen LogP contribution in [-0.4, -0.2) is 73.4 Å². The average molecular weight is 1200 g/mol. The van der Waals surface area contributed by atoms with Crippen molar-refractivity contribution in [1.29, 1.82) is 0 Å². The fourth-order valence-electron chi connectivity index (χ4n) is 9.42. The van der Waals surface area contributed by atoms with Crippen molar-refractivity contribution in [1.82, 2.24) is 5.32 Å². The largest absolute Gasteiger partial charge is 0.472 e. The standard InChI is InChI=1S/C76H131N2O6P/c1-6-8-10-12-14-16-18-20-22-24-26-28-30-32-34-35-36-37-38-39-40-41-42-43-44-46-48-50-52-54-56-58-60-62-64-66-68-70-76(80)77-74(73-84-85(81,82)83-72-71-78(3,4)5)75(79)69-67-65-63-61-59-57-55-53-51-49-47-45-33-31-29-27-25-23-21-19-17-15-13-11-9-7-2/h8,10,14,16,20,22,26,28,32,34,36-37,39-40,42-43,46,48,51,53,59,61,67,69,74-75,79H,6-7,9,11-13,15,17-19,21,23-25,27,29-31,33,35,38,41,44-45,47,49-50,52,54-58,60,62-66,68,70-73H2,1-5H3,(H-,77,80,81,82)/p+1/b10-8-,16-14-,22-20-,28-26-,34-32-,37-36-,40-39-,43-42-,48-46-,53-51+,61-59+,69-67+. The lowest BCUT2D eigenvalue weighted by Gasteiger charge is -2.25. The Balaban J connectivity index is 4.21. The summed E-state index contributed by atoms with van der Waals surface area (Å²) in [5.41, 5.74) is 0. The molecule has 0 aliphatic rings. The van der Waals surface area contributed by atoms with Crippen LogP contribution in [0.15, 0.2) is 146 Å². The van der Waals surface area contributed by atoms with E-state index in [0.29, 0.717) is 17.4 Å². The third-order valence-corrected chi connectivity index (χ3v) is 15.8. The van der Waals surface area contributed by atoms with Gasteiger partial charge in [0.05, 0.1) is 39.9 Å². The average Bonchev–Trinajstić information content (AvgIpc) is 3.49. The van der Waals surface area contributed by atoms with Gasteiger partial charge in [0.2, 0.25) is 5.91 Å². The van der Waals surface area contributed by atoms with Crippen molar-refractivity contribution in [3.05, 3.63) is 146 Å². The Kier molecular flexibility index (Phi) is 62.1. The van der Waals surface area contributed by atoms with Gasteiger partial charge in [0.25, 0.3) is 0 Å². The van der Waals surface area contributed by atoms with Gasteiger partial charge in [-0.15, -0.1) is 0 Å². The fraction of sp³-hybridized carbons (Fsp3) is 0.671. The number of phosphoric acid groups is 1. The summed E-state index contributed by atoms with van der Waals surface area (Å²) in [5.74, 6) is -0.201. The van der Waals surface area contributed by atoms with Gasteiger partial charge in [0.1, 0.15) is 13.2 Å². The molecule has 486 valence electrons. The molecular formula is C76H132N2O6P+. The fourth-order valence-corrected chi connectivity index (χ4v) is 10.2. The summed E-state index contributed by atoms with van der Waals surface area (Å²) in [7, 11) is 1.53. The van der Waals surface area contributed by atoms with Gasteiger partial charge >= 0.3 is 7.82 Å². The molecular weight excluding hydrogens is 1070 g/mol. The van der Waals surface area contributed by atoms with Crippen molar-refractivity contribution in [2.45, 2.75) is 289 Å². The van der Waals surface area contributed by atoms with Crippen molar-refractivity contribution in [3.8, 4) is 0 Å². The van der Waals surface area contributed by atoms with E-state index in [9.17, 15) is 19.4 Å². The smallest absolute Gasteiger partial charge is 0.387 e. The Labute approximate surface area is 525 Å². The first kappa shape index (κ1) is 81.4. The van der Waals surface area contributed by atoms with E-state index < -0.39 is 20.0 Å². The maximum absolute atomic E-state index is 13.0. The minimum atomic E-state index is -4.38. The molecule has 0 saturated heterocycles. The van der Waals surface area contributed by atoms with E-state index in [1.165, 1.54) is 141 Å². The van der Waals surface area contributed by atoms with Crippen molar-refractivity contribution in [2.75, 3.05) is 40.9 Å². The summed E-state index contributed by atoms with van der Waals surface area (Å²) in [6.07, 6.45) is 99.9. The molecule has 0 aromatic rings. The third kappa shape index (κ3) is 67.7. The van der Waals surface area contributed by atoms with Gasteiger partial charge in [-0.25, -0.2) is 4.57 Å². The molecule has 9 heteroatoms. The number of nitrogens with one attached hydrogen (secondary N) is 1. The number of rotatable bonds is 62. The number of hydrogen-bond acceptors (Lipinski definition) is 5. The van der Waals surface area contributed by atoms with Crippen molar-refractivity contribution >= 4 is 13.7 Å². The Morgan fingerprint density at radius 1 is 0.412 bits per heavy atom. The first-order chi connectivity index (χ1) is 41.5. The monoisotopic (exact) mass is 1200 g/mol. The second kappa shape index (κ2) is 64.8. The Bertz CT molecular complexity index is 1900. The van der Waals surface area contributed by atoms with Crippen LogP contribution >= 0.6 is 7.82 Å². The van der Waals surface area contributed by atoms with Gasteiger partial charge in [-0.3, -0.25) is 13.8 Å². The zero-order chi connectivity index (χ0) is 61.9. The number of nitrogens with zero attached hydrogens (tertiary/aromatic N) is 1. The van der Waals surface area contributed by atoms with Crippen molar-refractivity contribution in [3.63, 3.8) is 0 Å². The van der Waals surface area contributed by atoms with E-state index in [2.05, 4.69) is 153 Å². The second-order valence-corrected chi connectivity index (χ2v) is 25.6. The van der Waals surface area contributed by atoms with Crippen molar-refractivity contribution < 1.29 is 32.9 Å². The number of unbranched alkanes of at least 4 members (excludes halogenated alkanes) is 27. The van der Waals surface area contributed by atoms with Gasteiger partial charge < -0.3 is 19.8 Å². The number of aliphatic hydroxyl groups excluding tert-OH is 1. The molecule has 0 aliphatic carbocycles. The second-order valence-electron chi connectivity index (χ2n) is 24.2. The summed E-state index contributed by atoms with van der Waals surface area (Å²) in [6, 6.07) is -0.885. The molecule has 3 atom stereocenters. The number of allylic oxidation sites excluding steroid dienone is 23. The van der Waals surface area contributed by atoms with E-state index in [1.807, 2.05) is 27.2 Å². The van der Waals surface area contributed by atoms with Gasteiger partial charge in [-0.05, 0) is 116 Å². The number of hydrogen-bond donors (Lipinski definition) is 3. The highest BCUT2D eigenvalue weighted by atomic mass is 31.2. The topological polar surface area (TPSA) is 105 Å². The van der Waals surface area contributed by atoms with E-state index in [4.69, 9.17) is 9.05 Å². The first-order valence-electron chi connectivity index (χ1n) is 34.7. The molecule has 0 heterocycles. The Morgan fingerprint density at radius 3 is 1.08 bits per heavy atom. The molecule has 0 aliphatic heterocycles. The van der Waals surface area contributed by atoms with Gasteiger partial charge in [-0.1, -0.05) is 301 Å². The molecule has 85 heavy (non-hydrogen) atoms. The Morgan fingerprint density at radius 2 is 0.718 bits per heavy atom. The van der Waals surface area contributed by atoms with Crippen LogP contribution in [0.5, 0.6) is 0 Å². The molecule has 0 aromatic heterocycles. The maximum Gasteiger partial charge on any atom is 0.472 e. The zero-order valence-electron chi connectivity index (χ0n) is 55.5. The van der Waals surface area contributed by atoms with Gasteiger partial charge in [0, 0.05) is 6.42 Å². The maximum atomic E-state index is 13.0. The highest BCUT2D eigenvalue weighted by molar-refractivity contribution is 7.47. The lowest BCUT2D eigenvalue weighted by molar-refractivity contribution is -0.870. The van der Waals surface area contributed by atoms with Crippen molar-refractivity contribution in [2.24, 2.45) is 0 Å². The number of aliphatic hydroxyl groups is 1. The molecule has 0 saturated carbocycles. The molecule has 0 fully saturated rings. The van der Waals surface area contributed by atoms with E-state index in [0.717, 1.165) is 116 Å². The lowest BCUT2D eigenvalue weighted by atomic mass is 10.0. The van der Waals surface area contributed by atoms with E-state index in [-0.39, 0.29) is 19.1 Å². The number of amides is 1. The highest BCUT2D eigenvalue weighted by Gasteiger charge is 2.28. The van der Waals surface area contributed by atoms with Crippen LogP contribution in [0.4, 0.5) is 0 Å². The van der Waals surface area contributed by atoms with E-state index >= 15 is 0 Å². The molecule has 0 bridgehead atoms. The quantitative estimate of drug-likeness (QED) is 0.0243. The van der Waals surface area contributed by atoms with Crippen LogP contribution in [-0.2, 0) is 18.4 Å². The molecule has 0 aromatic carbocycles. The summed E-state index contributed by atoms with van der Waals surface area (Å²) in [5, 5.41) is 14.0. The molecule has 0 rings (SSSR count). The minimum Gasteiger partial charge on any atom is -0.387 e. The number of likely N-dealkylation sites (N-methyl/N-ethyl adjacent to an activating group) is 1. The molecule has 0 spiro atoms. The third-order valence-electron chi connectivity index (χ3n) is 14.8. The zero-order valence-corrected chi connectivity index (χ0v) is 56.4. The normalized spacial score (nSPS) is 14.6. The predicted octanol–water partition coefficient (Wildman–Crippen LogP) is 22.4. The van der Waals surface area contributed by atoms with Gasteiger partial charge in [0.15, 0.2) is 0 Å². The Hall–Kier alpha value is -3.62. The molecule has 3 unspecified atom stereocenters. The summed E-state index contributed by atoms with van der Waals surface area (Å²) in [4.78, 5) is 23.4. The molecule has 1 amide bonds. The summed E-state index contributed by atoms with van der Waals surface area (Å²) in [6.45, 7) is 4.67. The van der Waals surface area contributed by atoms with Crippen LogP contribution in [0.3, 0.4) is 0 Å². The molecule has 3 N–H and O–H groups in total. The predicted molar refractivity (Wildman–Crippen MR) is 373 cm³/mol. The number of carbonyl (C=O) groups excluding carboxylic acids is 1. The van der Waals surface area contributed by atoms with Crippen LogP contribution in [0, 0.1) is 0 Å². The van der Waals surface area contributed by atoms with Gasteiger partial charge in [-0.2, -0.15) is 0 Å². The number of quaternary nitrogens is 1. The van der Waals surface area contributed by atoms with Crippen LogP contribution in [0.1, 0.15) is 277 Å². The lowest BCUT2D eigenvalue weighted by Crippen LogP contribution is -2.45. The summed E-state index contributed by atoms with van der Waals surface area (Å²) < 4.78 is 23.8. The first-order valence-corrected chi connectivity index (χ1v) is 36.2. The van der Waals surface area contributed by atoms with Crippen LogP contribution in [0.2, 0.25) is 0 Å². The minimum absolute atomic E-state index is 0.0452. The number of phosphoric ester groups is 1. The molecule has 8 nitrogen and oxygen atoms in total. The van der Waals surface area contributed by atoms with Crippen LogP contribution < -0.4 is 5.32 Å². The SMILES string of the molecule is CC/C=C\C/C=C\C/C=C\C/C=C\C/C=C\C/C=C\C/C=C\C/C=C\C/C=C\CCCCCCCCCCCC(=O)NC(COP(=O)(O)OCC[N+](C)(C)C)C(O)/C=C/CC/C=C/CC/C=C/CCCCCCCCCCCCCCCCCC. The molecule has 0 radical (unpaired) electrons. The van der Waals surface area contributed by atoms with E-state index in [1.54, 1.807) is 6.08 Å². The highest BCUT2D eigenvalue weighted by Crippen LogP contribution is 2.43.